The number of amides is 1. The number of carbonyl (C=O) groups excluding carboxylic acids is 1. The van der Waals surface area contributed by atoms with Crippen LogP contribution in [0.2, 0.25) is 0 Å². The Balaban J connectivity index is 2.16. The van der Waals surface area contributed by atoms with Crippen molar-refractivity contribution in [3.8, 4) is 0 Å². The van der Waals surface area contributed by atoms with Gasteiger partial charge in [0.05, 0.1) is 5.92 Å². The number of pyridine rings is 1. The van der Waals surface area contributed by atoms with Gasteiger partial charge >= 0.3 is 0 Å². The molecule has 0 fully saturated rings. The topological polar surface area (TPSA) is 71.6 Å². The molecule has 5 nitrogen and oxygen atoms in total. The molecule has 3 rings (SSSR count). The average molecular weight is 360 g/mol. The van der Waals surface area contributed by atoms with Crippen LogP contribution in [0.15, 0.2) is 47.6 Å². The zero-order valence-electron chi connectivity index (χ0n) is 16.5. The number of rotatable bonds is 2. The fourth-order valence-electron chi connectivity index (χ4n) is 3.56. The zero-order valence-corrected chi connectivity index (χ0v) is 16.5. The number of benzene rings is 1. The molecule has 0 spiro atoms. The summed E-state index contributed by atoms with van der Waals surface area (Å²) in [7, 11) is 7.54. The van der Waals surface area contributed by atoms with Crippen LogP contribution in [0.3, 0.4) is 0 Å². The van der Waals surface area contributed by atoms with Crippen molar-refractivity contribution in [1.82, 2.24) is 9.88 Å². The molecule has 2 radical (unpaired) electrons. The van der Waals surface area contributed by atoms with E-state index in [9.17, 15) is 4.79 Å². The molecule has 2 N–H and O–H groups in total. The molecule has 0 bridgehead atoms. The molecule has 138 valence electrons. The van der Waals surface area contributed by atoms with Crippen molar-refractivity contribution in [2.45, 2.75) is 44.6 Å². The number of nitrogens with two attached hydrogens (primary N) is 1. The number of guanidine groups is 1. The van der Waals surface area contributed by atoms with Crippen molar-refractivity contribution in [2.75, 3.05) is 7.05 Å². The van der Waals surface area contributed by atoms with Crippen molar-refractivity contribution in [3.05, 3.63) is 59.3 Å². The number of aliphatic imine (C=N–C) groups is 1. The molecule has 2 heterocycles. The molecule has 1 aliphatic heterocycles. The first kappa shape index (κ1) is 19.1. The highest BCUT2D eigenvalue weighted by Crippen LogP contribution is 2.43. The number of likely N-dealkylation sites (N-methyl/N-ethyl adjacent to an activating group) is 1. The largest absolute Gasteiger partial charge is 0.369 e. The molecule has 1 aromatic carbocycles. The first-order valence-electron chi connectivity index (χ1n) is 8.99. The number of carbonyl (C=O) groups is 1. The smallest absolute Gasteiger partial charge is 0.239 e. The Morgan fingerprint density at radius 3 is 2.37 bits per heavy atom. The van der Waals surface area contributed by atoms with Crippen LogP contribution in [-0.2, 0) is 15.7 Å². The summed E-state index contributed by atoms with van der Waals surface area (Å²) in [6.45, 7) is 8.41. The first-order valence-corrected chi connectivity index (χ1v) is 8.99. The van der Waals surface area contributed by atoms with Gasteiger partial charge < -0.3 is 5.73 Å². The molecule has 6 heteroatoms. The summed E-state index contributed by atoms with van der Waals surface area (Å²) < 4.78 is 0. The van der Waals surface area contributed by atoms with Gasteiger partial charge in [0.1, 0.15) is 13.4 Å². The third kappa shape index (κ3) is 3.36. The van der Waals surface area contributed by atoms with Gasteiger partial charge in [0, 0.05) is 13.2 Å². The molecule has 27 heavy (non-hydrogen) atoms. The van der Waals surface area contributed by atoms with Gasteiger partial charge in [0.2, 0.25) is 5.91 Å². The van der Waals surface area contributed by atoms with Gasteiger partial charge in [-0.1, -0.05) is 45.0 Å². The van der Waals surface area contributed by atoms with Gasteiger partial charge in [-0.2, -0.15) is 0 Å². The first-order chi connectivity index (χ1) is 12.5. The molecule has 0 unspecified atom stereocenters. The summed E-state index contributed by atoms with van der Waals surface area (Å²) in [6, 6.07) is 11.8. The molecule has 1 amide bonds. The molecule has 0 saturated carbocycles. The van der Waals surface area contributed by atoms with E-state index in [-0.39, 0.29) is 17.3 Å². The maximum absolute atomic E-state index is 13.2. The van der Waals surface area contributed by atoms with Crippen LogP contribution < -0.4 is 11.3 Å². The molecule has 0 aliphatic carbocycles. The monoisotopic (exact) mass is 360 g/mol. The van der Waals surface area contributed by atoms with Crippen molar-refractivity contribution in [1.29, 1.82) is 0 Å². The number of aromatic nitrogens is 1. The Morgan fingerprint density at radius 1 is 1.19 bits per heavy atom. The summed E-state index contributed by atoms with van der Waals surface area (Å²) in [6.07, 6.45) is 1.63. The number of hydrogen-bond donors (Lipinski definition) is 1. The van der Waals surface area contributed by atoms with Gasteiger partial charge in [0.15, 0.2) is 5.96 Å². The Morgan fingerprint density at radius 2 is 1.81 bits per heavy atom. The van der Waals surface area contributed by atoms with E-state index in [1.54, 1.807) is 19.3 Å². The summed E-state index contributed by atoms with van der Waals surface area (Å²) in [5.74, 6) is -0.407. The van der Waals surface area contributed by atoms with Crippen LogP contribution in [0.1, 0.15) is 50.3 Å². The second-order valence-electron chi connectivity index (χ2n) is 8.29. The highest BCUT2D eigenvalue weighted by atomic mass is 16.2. The Bertz CT molecular complexity index is 901. The van der Waals surface area contributed by atoms with Crippen LogP contribution in [-0.4, -0.2) is 36.6 Å². The van der Waals surface area contributed by atoms with Crippen LogP contribution in [0, 0.1) is 0 Å². The molecular weight excluding hydrogens is 335 g/mol. The molecule has 0 saturated heterocycles. The molecule has 1 aliphatic rings. The Hall–Kier alpha value is -2.63. The van der Waals surface area contributed by atoms with Crippen LogP contribution >= 0.6 is 0 Å². The van der Waals surface area contributed by atoms with E-state index in [1.807, 2.05) is 25.1 Å². The Labute approximate surface area is 162 Å². The predicted molar refractivity (Wildman–Crippen MR) is 109 cm³/mol. The summed E-state index contributed by atoms with van der Waals surface area (Å²) >= 11 is 0. The third-order valence-electron chi connectivity index (χ3n) is 5.31. The van der Waals surface area contributed by atoms with Crippen LogP contribution in [0.5, 0.6) is 0 Å². The second kappa shape index (κ2) is 6.52. The van der Waals surface area contributed by atoms with E-state index in [0.717, 1.165) is 11.1 Å². The van der Waals surface area contributed by atoms with Gasteiger partial charge in [-0.3, -0.25) is 14.7 Å². The van der Waals surface area contributed by atoms with E-state index >= 15 is 0 Å². The highest BCUT2D eigenvalue weighted by Gasteiger charge is 2.47. The second-order valence-corrected chi connectivity index (χ2v) is 8.29. The summed E-state index contributed by atoms with van der Waals surface area (Å²) in [4.78, 5) is 23.4. The van der Waals surface area contributed by atoms with Gasteiger partial charge in [-0.05, 0) is 46.8 Å². The number of nitrogens with zero attached hydrogens (tertiary/aromatic N) is 3. The maximum Gasteiger partial charge on any atom is 0.239 e. The lowest BCUT2D eigenvalue weighted by atomic mass is 9.73. The summed E-state index contributed by atoms with van der Waals surface area (Å²) in [5, 5.41) is 0. The normalized spacial score (nSPS) is 23.3. The Kier molecular flexibility index (Phi) is 4.62. The van der Waals surface area contributed by atoms with E-state index < -0.39 is 11.5 Å². The minimum Gasteiger partial charge on any atom is -0.369 e. The van der Waals surface area contributed by atoms with Gasteiger partial charge in [0.25, 0.3) is 0 Å². The predicted octanol–water partition coefficient (Wildman–Crippen LogP) is 1.96. The highest BCUT2D eigenvalue weighted by molar-refractivity contribution is 6.30. The van der Waals surface area contributed by atoms with Crippen LogP contribution in [0.4, 0.5) is 0 Å². The van der Waals surface area contributed by atoms with E-state index in [1.165, 1.54) is 10.5 Å². The lowest BCUT2D eigenvalue weighted by molar-refractivity contribution is -0.130. The van der Waals surface area contributed by atoms with Gasteiger partial charge in [-0.15, -0.1) is 0 Å². The third-order valence-corrected chi connectivity index (χ3v) is 5.31. The van der Waals surface area contributed by atoms with E-state index in [0.29, 0.717) is 5.59 Å². The van der Waals surface area contributed by atoms with E-state index in [2.05, 4.69) is 37.9 Å². The van der Waals surface area contributed by atoms with Crippen LogP contribution in [0.25, 0.3) is 0 Å². The minimum atomic E-state index is -0.867. The maximum atomic E-state index is 13.2. The molecular formula is C21H25BN4O. The average Bonchev–Trinajstić information content (AvgIpc) is 2.59. The summed E-state index contributed by atoms with van der Waals surface area (Å²) in [5.41, 5.74) is 8.52. The van der Waals surface area contributed by atoms with Crippen molar-refractivity contribution >= 4 is 25.3 Å². The van der Waals surface area contributed by atoms with E-state index in [4.69, 9.17) is 18.6 Å². The molecule has 2 atom stereocenters. The lowest BCUT2D eigenvalue weighted by Gasteiger charge is -2.41. The quantitative estimate of drug-likeness (QED) is 0.833. The zero-order chi connectivity index (χ0) is 20.0. The fraction of sp³-hybridized carbons (Fsp3) is 0.381. The SMILES string of the molecule is [B]c1cc([C@@]2(C)N=C(N)N(C)C(=O)[C@H]2c2ccc(C(C)(C)C)cc2)ccn1. The fourth-order valence-corrected chi connectivity index (χ4v) is 3.56. The van der Waals surface area contributed by atoms with Crippen molar-refractivity contribution < 1.29 is 4.79 Å². The number of hydrogen-bond acceptors (Lipinski definition) is 4. The standard InChI is InChI=1S/C21H25BN4O/c1-20(2,3)14-8-6-13(7-9-14)17-18(27)26(5)19(23)25-21(17,4)15-10-11-24-16(22)12-15/h6-12,17H,1-5H3,(H2,23,25)/t17-,21-/m1/s1. The van der Waals surface area contributed by atoms with Crippen molar-refractivity contribution in [2.24, 2.45) is 10.7 Å². The molecule has 2 aromatic rings. The molecule has 1 aromatic heterocycles. The van der Waals surface area contributed by atoms with Gasteiger partial charge in [-0.25, -0.2) is 4.99 Å². The lowest BCUT2D eigenvalue weighted by Crippen LogP contribution is -2.52. The minimum absolute atomic E-state index is 0.0390. The van der Waals surface area contributed by atoms with Crippen molar-refractivity contribution in [3.63, 3.8) is 0 Å².